The molecule has 1 aromatic rings. The third kappa shape index (κ3) is 3.04. The van der Waals surface area contributed by atoms with Crippen LogP contribution in [0.15, 0.2) is 0 Å². The van der Waals surface area contributed by atoms with E-state index in [-0.39, 0.29) is 6.54 Å². The van der Waals surface area contributed by atoms with Crippen molar-refractivity contribution in [3.05, 3.63) is 28.8 Å². The molecule has 1 saturated heterocycles. The lowest BCUT2D eigenvalue weighted by molar-refractivity contribution is -0.107. The number of hydrogen-bond donors (Lipinski definition) is 1. The summed E-state index contributed by atoms with van der Waals surface area (Å²) in [4.78, 5) is 1.67. The fourth-order valence-corrected chi connectivity index (χ4v) is 2.86. The first kappa shape index (κ1) is 18.0. The molecule has 0 radical (unpaired) electrons. The van der Waals surface area contributed by atoms with Crippen molar-refractivity contribution >= 4 is 0 Å². The molecule has 7 heteroatoms. The maximum Gasteiger partial charge on any atom is 0.204 e. The molecule has 0 saturated carbocycles. The van der Waals surface area contributed by atoms with Crippen molar-refractivity contribution in [1.29, 1.82) is 0 Å². The molecule has 0 spiro atoms. The van der Waals surface area contributed by atoms with E-state index in [2.05, 4.69) is 4.74 Å². The van der Waals surface area contributed by atoms with Gasteiger partial charge in [-0.05, 0) is 13.3 Å². The zero-order chi connectivity index (χ0) is 17.6. The van der Waals surface area contributed by atoms with Crippen LogP contribution >= 0.6 is 0 Å². The summed E-state index contributed by atoms with van der Waals surface area (Å²) >= 11 is 0. The van der Waals surface area contributed by atoms with E-state index >= 15 is 0 Å². The first-order chi connectivity index (χ1) is 10.5. The van der Waals surface area contributed by atoms with Crippen LogP contribution in [0, 0.1) is 28.7 Å². The molecular formula is C16H21F4NO2. The Bertz CT molecular complexity index is 588. The summed E-state index contributed by atoms with van der Waals surface area (Å²) < 4.78 is 60.0. The minimum Gasteiger partial charge on any atom is -0.491 e. The van der Waals surface area contributed by atoms with Crippen LogP contribution in [0.2, 0.25) is 0 Å². The topological polar surface area (TPSA) is 32.7 Å². The Balaban J connectivity index is 2.32. The fourth-order valence-electron chi connectivity index (χ4n) is 2.86. The lowest BCUT2D eigenvalue weighted by Crippen LogP contribution is -2.55. The average Bonchev–Trinajstić information content (AvgIpc) is 2.46. The molecule has 0 amide bonds. The maximum absolute atomic E-state index is 14.1. The van der Waals surface area contributed by atoms with E-state index in [1.807, 2.05) is 13.8 Å². The van der Waals surface area contributed by atoms with Crippen molar-refractivity contribution in [2.75, 3.05) is 20.2 Å². The number of halogens is 4. The predicted octanol–water partition coefficient (Wildman–Crippen LogP) is 3.23. The summed E-state index contributed by atoms with van der Waals surface area (Å²) in [6.07, 6.45) is 0.393. The highest BCUT2D eigenvalue weighted by Gasteiger charge is 2.44. The molecule has 3 nitrogen and oxygen atoms in total. The maximum atomic E-state index is 14.1. The van der Waals surface area contributed by atoms with Crippen molar-refractivity contribution in [3.63, 3.8) is 0 Å². The lowest BCUT2D eigenvalue weighted by atomic mass is 9.71. The number of nitrogens with zero attached hydrogens (tertiary/aromatic N) is 1. The molecule has 1 atom stereocenters. The summed E-state index contributed by atoms with van der Waals surface area (Å²) in [5.74, 6) is -7.04. The van der Waals surface area contributed by atoms with E-state index in [1.54, 1.807) is 11.8 Å². The van der Waals surface area contributed by atoms with Gasteiger partial charge in [0.25, 0.3) is 0 Å². The summed E-state index contributed by atoms with van der Waals surface area (Å²) in [5.41, 5.74) is -2.11. The van der Waals surface area contributed by atoms with Gasteiger partial charge in [-0.1, -0.05) is 13.8 Å². The van der Waals surface area contributed by atoms with Gasteiger partial charge in [-0.15, -0.1) is 0 Å². The van der Waals surface area contributed by atoms with Gasteiger partial charge in [-0.3, -0.25) is 4.90 Å². The average molecular weight is 335 g/mol. The molecule has 1 fully saturated rings. The van der Waals surface area contributed by atoms with Crippen molar-refractivity contribution in [2.24, 2.45) is 5.41 Å². The van der Waals surface area contributed by atoms with Gasteiger partial charge in [0.05, 0.1) is 12.7 Å². The van der Waals surface area contributed by atoms with Gasteiger partial charge in [-0.25, -0.2) is 8.78 Å². The number of ether oxygens (including phenoxy) is 1. The van der Waals surface area contributed by atoms with Gasteiger partial charge in [0, 0.05) is 30.6 Å². The molecule has 0 aliphatic carbocycles. The molecular weight excluding hydrogens is 314 g/mol. The highest BCUT2D eigenvalue weighted by Crippen LogP contribution is 2.39. The van der Waals surface area contributed by atoms with Gasteiger partial charge < -0.3 is 9.84 Å². The number of hydrogen-bond acceptors (Lipinski definition) is 3. The van der Waals surface area contributed by atoms with Gasteiger partial charge in [-0.2, -0.15) is 8.78 Å². The Morgan fingerprint density at radius 3 is 2.00 bits per heavy atom. The third-order valence-corrected chi connectivity index (χ3v) is 4.89. The van der Waals surface area contributed by atoms with Crippen LogP contribution in [0.3, 0.4) is 0 Å². The Morgan fingerprint density at radius 1 is 1.04 bits per heavy atom. The van der Waals surface area contributed by atoms with Gasteiger partial charge >= 0.3 is 0 Å². The Labute approximate surface area is 132 Å². The predicted molar refractivity (Wildman–Crippen MR) is 77.1 cm³/mol. The normalized spacial score (nSPS) is 24.7. The second-order valence-corrected chi connectivity index (χ2v) is 6.89. The number of likely N-dealkylation sites (tertiary alicyclic amines) is 1. The molecule has 130 valence electrons. The largest absolute Gasteiger partial charge is 0.491 e. The minimum absolute atomic E-state index is 0.283. The Hall–Kier alpha value is -1.34. The van der Waals surface area contributed by atoms with E-state index in [1.165, 1.54) is 0 Å². The van der Waals surface area contributed by atoms with Crippen molar-refractivity contribution in [1.82, 2.24) is 4.90 Å². The highest BCUT2D eigenvalue weighted by molar-refractivity contribution is 5.34. The number of rotatable bonds is 3. The molecule has 23 heavy (non-hydrogen) atoms. The van der Waals surface area contributed by atoms with E-state index in [9.17, 15) is 22.7 Å². The van der Waals surface area contributed by atoms with Crippen LogP contribution in [0.1, 0.15) is 32.8 Å². The summed E-state index contributed by atoms with van der Waals surface area (Å²) in [6.45, 7) is 5.80. The number of methoxy groups -OCH3 is 1. The summed E-state index contributed by atoms with van der Waals surface area (Å²) in [6, 6.07) is 0. The van der Waals surface area contributed by atoms with Crippen molar-refractivity contribution in [2.45, 2.75) is 39.3 Å². The van der Waals surface area contributed by atoms with Gasteiger partial charge in [0.2, 0.25) is 11.6 Å². The zero-order valence-electron chi connectivity index (χ0n) is 13.6. The second-order valence-electron chi connectivity index (χ2n) is 6.89. The smallest absolute Gasteiger partial charge is 0.204 e. The van der Waals surface area contributed by atoms with E-state index in [4.69, 9.17) is 0 Å². The monoisotopic (exact) mass is 335 g/mol. The van der Waals surface area contributed by atoms with E-state index in [0.29, 0.717) is 19.5 Å². The lowest BCUT2D eigenvalue weighted by Gasteiger charge is -2.48. The summed E-state index contributed by atoms with van der Waals surface area (Å²) in [5, 5.41) is 10.3. The van der Waals surface area contributed by atoms with Crippen LogP contribution in [-0.2, 0) is 6.54 Å². The first-order valence-electron chi connectivity index (χ1n) is 7.35. The number of benzene rings is 1. The van der Waals surface area contributed by atoms with Crippen LogP contribution in [0.4, 0.5) is 17.6 Å². The van der Waals surface area contributed by atoms with Gasteiger partial charge in [0.15, 0.2) is 17.4 Å². The molecule has 1 aliphatic heterocycles. The molecule has 1 N–H and O–H groups in total. The number of piperidine rings is 1. The molecule has 0 unspecified atom stereocenters. The van der Waals surface area contributed by atoms with Crippen LogP contribution in [-0.4, -0.2) is 35.8 Å². The van der Waals surface area contributed by atoms with E-state index < -0.39 is 45.6 Å². The molecule has 1 aliphatic rings. The zero-order valence-corrected chi connectivity index (χ0v) is 13.6. The quantitative estimate of drug-likeness (QED) is 0.680. The molecule has 1 heterocycles. The van der Waals surface area contributed by atoms with Crippen molar-refractivity contribution in [3.8, 4) is 5.75 Å². The molecule has 1 aromatic carbocycles. The molecule has 0 bridgehead atoms. The summed E-state index contributed by atoms with van der Waals surface area (Å²) in [7, 11) is 0.940. The minimum atomic E-state index is -1.54. The Morgan fingerprint density at radius 2 is 1.57 bits per heavy atom. The second kappa shape index (κ2) is 5.94. The SMILES string of the molecule is COc1c(F)c(F)c(CN2CC[C@](C)(O)C(C)(C)C2)c(F)c1F. The molecule has 0 aromatic heterocycles. The number of aliphatic hydroxyl groups is 1. The van der Waals surface area contributed by atoms with Crippen LogP contribution < -0.4 is 4.74 Å². The van der Waals surface area contributed by atoms with Gasteiger partial charge in [0.1, 0.15) is 0 Å². The fraction of sp³-hybridized carbons (Fsp3) is 0.625. The van der Waals surface area contributed by atoms with E-state index in [0.717, 1.165) is 7.11 Å². The highest BCUT2D eigenvalue weighted by atomic mass is 19.2. The van der Waals surface area contributed by atoms with Crippen LogP contribution in [0.5, 0.6) is 5.75 Å². The third-order valence-electron chi connectivity index (χ3n) is 4.89. The molecule has 2 rings (SSSR count). The Kier molecular flexibility index (Phi) is 4.65. The standard InChI is InChI=1S/C16H21F4NO2/c1-15(2)8-21(6-5-16(15,3)22)7-9-10(17)12(19)14(23-4)13(20)11(9)18/h22H,5-8H2,1-4H3/t16-/m0/s1. The van der Waals surface area contributed by atoms with Crippen LogP contribution in [0.25, 0.3) is 0 Å². The first-order valence-corrected chi connectivity index (χ1v) is 7.35. The van der Waals surface area contributed by atoms with Crippen molar-refractivity contribution < 1.29 is 27.4 Å².